The second-order valence-electron chi connectivity index (χ2n) is 6.85. The quantitative estimate of drug-likeness (QED) is 0.320. The third kappa shape index (κ3) is 3.02. The van der Waals surface area contributed by atoms with Gasteiger partial charge in [0.2, 0.25) is 0 Å². The van der Waals surface area contributed by atoms with Crippen molar-refractivity contribution in [3.8, 4) is 33.8 Å². The van der Waals surface area contributed by atoms with E-state index >= 15 is 0 Å². The Morgan fingerprint density at radius 1 is 0.767 bits per heavy atom. The molecule has 5 rings (SSSR count). The number of methoxy groups -OCH3 is 1. The Labute approximate surface area is 179 Å². The summed E-state index contributed by atoms with van der Waals surface area (Å²) in [6.45, 7) is 0. The van der Waals surface area contributed by atoms with Crippen LogP contribution in [0.15, 0.2) is 91.3 Å². The Bertz CT molecular complexity index is 1310. The highest BCUT2D eigenvalue weighted by Crippen LogP contribution is 2.43. The van der Waals surface area contributed by atoms with Crippen molar-refractivity contribution in [2.75, 3.05) is 7.11 Å². The Morgan fingerprint density at radius 3 is 2.03 bits per heavy atom. The molecule has 5 heteroatoms. The lowest BCUT2D eigenvalue weighted by atomic mass is 9.99. The van der Waals surface area contributed by atoms with Gasteiger partial charge in [-0.1, -0.05) is 72.3 Å². The molecule has 0 atom stereocenters. The zero-order valence-corrected chi connectivity index (χ0v) is 17.0. The molecule has 0 aliphatic heterocycles. The molecule has 0 spiro atoms. The standard InChI is InChI=1S/C25H18ClN3O/c1-30-20-14-12-19(13-15-20)29-23(18-10-6-3-7-11-18)21(17-8-4-2-5-9-17)22-24(26)27-16-28-25(22)29/h2-16H,1H3. The van der Waals surface area contributed by atoms with E-state index in [4.69, 9.17) is 16.3 Å². The molecule has 0 N–H and O–H groups in total. The average molecular weight is 412 g/mol. The van der Waals surface area contributed by atoms with Gasteiger partial charge in [0.1, 0.15) is 17.2 Å². The molecule has 30 heavy (non-hydrogen) atoms. The van der Waals surface area contributed by atoms with Crippen LogP contribution in [0.1, 0.15) is 0 Å². The average Bonchev–Trinajstić information content (AvgIpc) is 3.17. The van der Waals surface area contributed by atoms with E-state index in [-0.39, 0.29) is 0 Å². The van der Waals surface area contributed by atoms with Crippen molar-refractivity contribution >= 4 is 22.6 Å². The van der Waals surface area contributed by atoms with Gasteiger partial charge in [-0.05, 0) is 35.4 Å². The summed E-state index contributed by atoms with van der Waals surface area (Å²) in [5, 5.41) is 1.27. The molecular formula is C25H18ClN3O. The number of hydrogen-bond acceptors (Lipinski definition) is 3. The summed E-state index contributed by atoms with van der Waals surface area (Å²) in [6.07, 6.45) is 1.51. The van der Waals surface area contributed by atoms with Gasteiger partial charge in [-0.15, -0.1) is 0 Å². The zero-order chi connectivity index (χ0) is 20.5. The van der Waals surface area contributed by atoms with Crippen LogP contribution in [0.5, 0.6) is 5.75 Å². The highest BCUT2D eigenvalue weighted by atomic mass is 35.5. The van der Waals surface area contributed by atoms with E-state index in [1.54, 1.807) is 7.11 Å². The van der Waals surface area contributed by atoms with E-state index in [0.29, 0.717) is 5.15 Å². The zero-order valence-electron chi connectivity index (χ0n) is 16.3. The Kier molecular flexibility index (Phi) is 4.69. The number of aromatic nitrogens is 3. The number of halogens is 1. The first-order valence-electron chi connectivity index (χ1n) is 9.58. The second-order valence-corrected chi connectivity index (χ2v) is 7.21. The number of fused-ring (bicyclic) bond motifs is 1. The van der Waals surface area contributed by atoms with Gasteiger partial charge in [-0.3, -0.25) is 4.57 Å². The number of ether oxygens (including phenoxy) is 1. The van der Waals surface area contributed by atoms with Crippen LogP contribution in [-0.4, -0.2) is 21.6 Å². The molecule has 5 aromatic rings. The van der Waals surface area contributed by atoms with Gasteiger partial charge >= 0.3 is 0 Å². The molecule has 2 aromatic heterocycles. The van der Waals surface area contributed by atoms with Gasteiger partial charge in [0.25, 0.3) is 0 Å². The van der Waals surface area contributed by atoms with Crippen LogP contribution in [0.4, 0.5) is 0 Å². The van der Waals surface area contributed by atoms with E-state index in [2.05, 4.69) is 38.8 Å². The molecule has 0 saturated heterocycles. The van der Waals surface area contributed by atoms with Gasteiger partial charge in [0, 0.05) is 11.3 Å². The lowest BCUT2D eigenvalue weighted by Crippen LogP contribution is -1.99. The molecule has 0 amide bonds. The van der Waals surface area contributed by atoms with Gasteiger partial charge < -0.3 is 4.74 Å². The van der Waals surface area contributed by atoms with Crippen molar-refractivity contribution in [1.29, 1.82) is 0 Å². The number of hydrogen-bond donors (Lipinski definition) is 0. The molecule has 0 bridgehead atoms. The molecule has 0 fully saturated rings. The summed E-state index contributed by atoms with van der Waals surface area (Å²) in [7, 11) is 1.66. The largest absolute Gasteiger partial charge is 0.497 e. The van der Waals surface area contributed by atoms with Crippen LogP contribution < -0.4 is 4.74 Å². The lowest BCUT2D eigenvalue weighted by molar-refractivity contribution is 0.415. The molecule has 0 aliphatic rings. The van der Waals surface area contributed by atoms with Gasteiger partial charge in [0.05, 0.1) is 18.2 Å². The molecule has 3 aromatic carbocycles. The summed E-state index contributed by atoms with van der Waals surface area (Å²) >= 11 is 6.64. The van der Waals surface area contributed by atoms with Crippen molar-refractivity contribution in [2.45, 2.75) is 0 Å². The van der Waals surface area contributed by atoms with Crippen molar-refractivity contribution < 1.29 is 4.74 Å². The number of benzene rings is 3. The van der Waals surface area contributed by atoms with E-state index in [0.717, 1.165) is 44.9 Å². The smallest absolute Gasteiger partial charge is 0.150 e. The van der Waals surface area contributed by atoms with Crippen LogP contribution in [0.3, 0.4) is 0 Å². The second kappa shape index (κ2) is 7.65. The van der Waals surface area contributed by atoms with Crippen molar-refractivity contribution in [1.82, 2.24) is 14.5 Å². The normalized spacial score (nSPS) is 11.0. The third-order valence-corrected chi connectivity index (χ3v) is 5.43. The van der Waals surface area contributed by atoms with Crippen LogP contribution in [0, 0.1) is 0 Å². The van der Waals surface area contributed by atoms with Crippen molar-refractivity contribution in [2.24, 2.45) is 0 Å². The lowest BCUT2D eigenvalue weighted by Gasteiger charge is -2.13. The molecule has 0 aliphatic carbocycles. The van der Waals surface area contributed by atoms with Gasteiger partial charge in [0.15, 0.2) is 5.65 Å². The SMILES string of the molecule is COc1ccc(-n2c(-c3ccccc3)c(-c3ccccc3)c3c(Cl)ncnc32)cc1. The summed E-state index contributed by atoms with van der Waals surface area (Å²) in [6, 6.07) is 28.4. The maximum Gasteiger partial charge on any atom is 0.150 e. The fraction of sp³-hybridized carbons (Fsp3) is 0.0400. The minimum atomic E-state index is 0.434. The first kappa shape index (κ1) is 18.4. The molecule has 0 unspecified atom stereocenters. The predicted octanol–water partition coefficient (Wildman–Crippen LogP) is 6.42. The Balaban J connectivity index is 1.95. The van der Waals surface area contributed by atoms with E-state index in [1.165, 1.54) is 6.33 Å². The predicted molar refractivity (Wildman–Crippen MR) is 121 cm³/mol. The summed E-state index contributed by atoms with van der Waals surface area (Å²) in [5.41, 5.74) is 5.89. The third-order valence-electron chi connectivity index (χ3n) is 5.14. The first-order valence-corrected chi connectivity index (χ1v) is 9.96. The van der Waals surface area contributed by atoms with Crippen LogP contribution in [-0.2, 0) is 0 Å². The van der Waals surface area contributed by atoms with Gasteiger partial charge in [-0.25, -0.2) is 9.97 Å². The summed E-state index contributed by atoms with van der Waals surface area (Å²) in [5.74, 6) is 0.799. The topological polar surface area (TPSA) is 39.9 Å². The fourth-order valence-electron chi connectivity index (χ4n) is 3.81. The maximum absolute atomic E-state index is 6.64. The Hall–Kier alpha value is -3.63. The van der Waals surface area contributed by atoms with Gasteiger partial charge in [-0.2, -0.15) is 0 Å². The molecule has 0 saturated carbocycles. The molecule has 0 radical (unpaired) electrons. The van der Waals surface area contributed by atoms with Crippen LogP contribution in [0.2, 0.25) is 5.15 Å². The van der Waals surface area contributed by atoms with E-state index in [1.807, 2.05) is 60.7 Å². The first-order chi connectivity index (χ1) is 14.8. The summed E-state index contributed by atoms with van der Waals surface area (Å²) < 4.78 is 7.48. The fourth-order valence-corrected chi connectivity index (χ4v) is 4.04. The maximum atomic E-state index is 6.64. The van der Waals surface area contributed by atoms with Crippen LogP contribution >= 0.6 is 11.6 Å². The number of nitrogens with zero attached hydrogens (tertiary/aromatic N) is 3. The molecule has 4 nitrogen and oxygen atoms in total. The summed E-state index contributed by atoms with van der Waals surface area (Å²) in [4.78, 5) is 8.91. The van der Waals surface area contributed by atoms with E-state index < -0.39 is 0 Å². The highest BCUT2D eigenvalue weighted by Gasteiger charge is 2.24. The minimum Gasteiger partial charge on any atom is -0.497 e. The monoisotopic (exact) mass is 411 g/mol. The van der Waals surface area contributed by atoms with E-state index in [9.17, 15) is 0 Å². The highest BCUT2D eigenvalue weighted by molar-refractivity contribution is 6.35. The number of rotatable bonds is 4. The molecule has 146 valence electrons. The molecular weight excluding hydrogens is 394 g/mol. The minimum absolute atomic E-state index is 0.434. The van der Waals surface area contributed by atoms with Crippen LogP contribution in [0.25, 0.3) is 39.1 Å². The van der Waals surface area contributed by atoms with Crippen molar-refractivity contribution in [3.05, 3.63) is 96.4 Å². The van der Waals surface area contributed by atoms with Crippen molar-refractivity contribution in [3.63, 3.8) is 0 Å². The Morgan fingerprint density at radius 2 is 1.40 bits per heavy atom. The molecule has 2 heterocycles.